The molecule has 1 fully saturated rings. The zero-order chi connectivity index (χ0) is 22.1. The standard InChI is InChI=1S/C24H22BrN5O2/c25-19-14-28-30-22(11-20(29-23(19)30)18-6-1-2-7-21(18)31)26-12-15-4-3-5-16(10-15)13-27-24(32)17-8-9-17/h1-7,10-11,14,17,26,31H,8-9,12-13H2,(H,27,32). The minimum Gasteiger partial charge on any atom is -0.507 e. The molecule has 32 heavy (non-hydrogen) atoms. The monoisotopic (exact) mass is 491 g/mol. The van der Waals surface area contributed by atoms with Gasteiger partial charge in [-0.05, 0) is 52.0 Å². The molecule has 2 aromatic heterocycles. The number of nitrogens with zero attached hydrogens (tertiary/aromatic N) is 3. The number of aromatic hydroxyl groups is 1. The SMILES string of the molecule is O=C(NCc1cccc(CNc2cc(-c3ccccc3O)nc3c(Br)cnn23)c1)C1CC1. The highest BCUT2D eigenvalue weighted by molar-refractivity contribution is 9.10. The molecule has 7 nitrogen and oxygen atoms in total. The van der Waals surface area contributed by atoms with E-state index in [1.54, 1.807) is 22.8 Å². The fourth-order valence-corrected chi connectivity index (χ4v) is 3.96. The fraction of sp³-hybridized carbons (Fsp3) is 0.208. The highest BCUT2D eigenvalue weighted by Crippen LogP contribution is 2.31. The first-order valence-electron chi connectivity index (χ1n) is 10.5. The van der Waals surface area contributed by atoms with Crippen LogP contribution in [0.3, 0.4) is 0 Å². The van der Waals surface area contributed by atoms with E-state index in [4.69, 9.17) is 0 Å². The summed E-state index contributed by atoms with van der Waals surface area (Å²) in [5.41, 5.74) is 4.11. The maximum absolute atomic E-state index is 11.9. The number of aromatic nitrogens is 3. The number of hydrogen-bond donors (Lipinski definition) is 3. The number of hydrogen-bond acceptors (Lipinski definition) is 5. The number of benzene rings is 2. The van der Waals surface area contributed by atoms with Gasteiger partial charge in [-0.1, -0.05) is 36.4 Å². The Morgan fingerprint density at radius 2 is 1.88 bits per heavy atom. The van der Waals surface area contributed by atoms with E-state index in [1.165, 1.54) is 0 Å². The van der Waals surface area contributed by atoms with E-state index < -0.39 is 0 Å². The van der Waals surface area contributed by atoms with Gasteiger partial charge in [-0.15, -0.1) is 0 Å². The number of nitrogens with one attached hydrogen (secondary N) is 2. The molecule has 0 bridgehead atoms. The maximum atomic E-state index is 11.9. The molecular formula is C24H22BrN5O2. The van der Waals surface area contributed by atoms with E-state index in [1.807, 2.05) is 36.4 Å². The number of halogens is 1. The summed E-state index contributed by atoms with van der Waals surface area (Å²) in [4.78, 5) is 16.6. The van der Waals surface area contributed by atoms with Crippen LogP contribution in [-0.4, -0.2) is 25.6 Å². The van der Waals surface area contributed by atoms with Crippen LogP contribution in [0.25, 0.3) is 16.9 Å². The summed E-state index contributed by atoms with van der Waals surface area (Å²) in [6, 6.07) is 17.1. The van der Waals surface area contributed by atoms with Gasteiger partial charge in [0.1, 0.15) is 11.6 Å². The van der Waals surface area contributed by atoms with Crippen LogP contribution >= 0.6 is 15.9 Å². The highest BCUT2D eigenvalue weighted by Gasteiger charge is 2.29. The average molecular weight is 492 g/mol. The van der Waals surface area contributed by atoms with Crippen molar-refractivity contribution in [2.24, 2.45) is 5.92 Å². The van der Waals surface area contributed by atoms with Gasteiger partial charge in [0, 0.05) is 30.6 Å². The van der Waals surface area contributed by atoms with Gasteiger partial charge in [-0.2, -0.15) is 9.61 Å². The number of para-hydroxylation sites is 1. The Morgan fingerprint density at radius 1 is 1.09 bits per heavy atom. The van der Waals surface area contributed by atoms with Gasteiger partial charge in [-0.25, -0.2) is 4.98 Å². The molecule has 0 saturated heterocycles. The van der Waals surface area contributed by atoms with Crippen molar-refractivity contribution in [3.05, 3.63) is 76.4 Å². The van der Waals surface area contributed by atoms with Gasteiger partial charge in [0.05, 0.1) is 16.4 Å². The molecule has 4 aromatic rings. The summed E-state index contributed by atoms with van der Waals surface area (Å²) in [7, 11) is 0. The van der Waals surface area contributed by atoms with Crippen LogP contribution in [0.2, 0.25) is 0 Å². The number of phenols is 1. The summed E-state index contributed by atoms with van der Waals surface area (Å²) in [6.07, 6.45) is 3.70. The lowest BCUT2D eigenvalue weighted by Gasteiger charge is -2.12. The van der Waals surface area contributed by atoms with Crippen molar-refractivity contribution in [1.82, 2.24) is 19.9 Å². The second kappa shape index (κ2) is 8.63. The number of amides is 1. The van der Waals surface area contributed by atoms with Gasteiger partial charge >= 0.3 is 0 Å². The Labute approximate surface area is 193 Å². The zero-order valence-electron chi connectivity index (χ0n) is 17.3. The first-order valence-corrected chi connectivity index (χ1v) is 11.3. The number of anilines is 1. The van der Waals surface area contributed by atoms with E-state index in [0.29, 0.717) is 30.0 Å². The first kappa shape index (κ1) is 20.5. The number of carbonyl (C=O) groups excluding carboxylic acids is 1. The third kappa shape index (κ3) is 4.31. The van der Waals surface area contributed by atoms with Crippen molar-refractivity contribution in [1.29, 1.82) is 0 Å². The minimum atomic E-state index is 0.147. The van der Waals surface area contributed by atoms with Crippen molar-refractivity contribution < 1.29 is 9.90 Å². The smallest absolute Gasteiger partial charge is 0.223 e. The summed E-state index contributed by atoms with van der Waals surface area (Å²) in [5.74, 6) is 1.28. The molecule has 1 aliphatic carbocycles. The molecule has 1 saturated carbocycles. The predicted molar refractivity (Wildman–Crippen MR) is 126 cm³/mol. The molecule has 8 heteroatoms. The van der Waals surface area contributed by atoms with Crippen molar-refractivity contribution >= 4 is 33.3 Å². The highest BCUT2D eigenvalue weighted by atomic mass is 79.9. The second-order valence-electron chi connectivity index (χ2n) is 7.94. The Morgan fingerprint density at radius 3 is 2.66 bits per heavy atom. The molecule has 0 atom stereocenters. The molecule has 162 valence electrons. The molecule has 5 rings (SSSR count). The topological polar surface area (TPSA) is 91.5 Å². The van der Waals surface area contributed by atoms with Crippen LogP contribution in [0.5, 0.6) is 5.75 Å². The molecule has 2 heterocycles. The fourth-order valence-electron chi connectivity index (χ4n) is 3.61. The quantitative estimate of drug-likeness (QED) is 0.353. The second-order valence-corrected chi connectivity index (χ2v) is 8.79. The van der Waals surface area contributed by atoms with Crippen LogP contribution in [0.15, 0.2) is 65.3 Å². The molecule has 0 radical (unpaired) electrons. The van der Waals surface area contributed by atoms with E-state index in [2.05, 4.69) is 42.7 Å². The van der Waals surface area contributed by atoms with E-state index in [0.717, 1.165) is 34.3 Å². The maximum Gasteiger partial charge on any atom is 0.223 e. The Hall–Kier alpha value is -3.39. The zero-order valence-corrected chi connectivity index (χ0v) is 18.8. The van der Waals surface area contributed by atoms with Gasteiger partial charge in [0.25, 0.3) is 0 Å². The predicted octanol–water partition coefficient (Wildman–Crippen LogP) is 4.50. The lowest BCUT2D eigenvalue weighted by molar-refractivity contribution is -0.122. The molecule has 1 aliphatic rings. The molecular weight excluding hydrogens is 470 g/mol. The van der Waals surface area contributed by atoms with Crippen LogP contribution < -0.4 is 10.6 Å². The van der Waals surface area contributed by atoms with Crippen LogP contribution in [0.1, 0.15) is 24.0 Å². The Bertz CT molecular complexity index is 1300. The molecule has 2 aromatic carbocycles. The van der Waals surface area contributed by atoms with E-state index in [9.17, 15) is 9.90 Å². The summed E-state index contributed by atoms with van der Waals surface area (Å²) < 4.78 is 2.50. The molecule has 0 aliphatic heterocycles. The van der Waals surface area contributed by atoms with Crippen molar-refractivity contribution in [3.8, 4) is 17.0 Å². The van der Waals surface area contributed by atoms with E-state index in [-0.39, 0.29) is 17.6 Å². The lowest BCUT2D eigenvalue weighted by Crippen LogP contribution is -2.24. The van der Waals surface area contributed by atoms with Crippen molar-refractivity contribution in [2.45, 2.75) is 25.9 Å². The van der Waals surface area contributed by atoms with E-state index >= 15 is 0 Å². The van der Waals surface area contributed by atoms with Gasteiger partial charge < -0.3 is 15.7 Å². The van der Waals surface area contributed by atoms with Crippen molar-refractivity contribution in [3.63, 3.8) is 0 Å². The summed E-state index contributed by atoms with van der Waals surface area (Å²) in [6.45, 7) is 1.10. The third-order valence-corrected chi connectivity index (χ3v) is 6.05. The number of carbonyl (C=O) groups is 1. The summed E-state index contributed by atoms with van der Waals surface area (Å²) in [5, 5.41) is 21.1. The van der Waals surface area contributed by atoms with Gasteiger partial charge in [0.2, 0.25) is 5.91 Å². The first-order chi connectivity index (χ1) is 15.6. The minimum absolute atomic E-state index is 0.147. The van der Waals surface area contributed by atoms with Crippen LogP contribution in [0, 0.1) is 5.92 Å². The number of rotatable bonds is 7. The molecule has 3 N–H and O–H groups in total. The van der Waals surface area contributed by atoms with Crippen molar-refractivity contribution in [2.75, 3.05) is 5.32 Å². The largest absolute Gasteiger partial charge is 0.507 e. The normalized spacial score (nSPS) is 13.3. The molecule has 0 spiro atoms. The van der Waals surface area contributed by atoms with Crippen LogP contribution in [-0.2, 0) is 17.9 Å². The van der Waals surface area contributed by atoms with Crippen LogP contribution in [0.4, 0.5) is 5.82 Å². The number of fused-ring (bicyclic) bond motifs is 1. The molecule has 0 unspecified atom stereocenters. The Balaban J connectivity index is 1.38. The Kier molecular flexibility index (Phi) is 5.53. The molecule has 1 amide bonds. The summed E-state index contributed by atoms with van der Waals surface area (Å²) >= 11 is 3.50. The van der Waals surface area contributed by atoms with Gasteiger partial charge in [-0.3, -0.25) is 4.79 Å². The third-order valence-electron chi connectivity index (χ3n) is 5.49. The average Bonchev–Trinajstić information content (AvgIpc) is 3.60. The lowest BCUT2D eigenvalue weighted by atomic mass is 10.1. The number of phenolic OH excluding ortho intramolecular Hbond substituents is 1. The van der Waals surface area contributed by atoms with Gasteiger partial charge in [0.15, 0.2) is 5.65 Å².